The zero-order valence-corrected chi connectivity index (χ0v) is 11.3. The Morgan fingerprint density at radius 1 is 1.29 bits per heavy atom. The van der Waals surface area contributed by atoms with E-state index in [9.17, 15) is 18.0 Å². The Hall–Kier alpha value is -1.86. The van der Waals surface area contributed by atoms with Crippen molar-refractivity contribution >= 4 is 5.97 Å². The van der Waals surface area contributed by atoms with E-state index in [4.69, 9.17) is 9.47 Å². The first-order valence-electron chi connectivity index (χ1n) is 6.02. The first kappa shape index (κ1) is 15.5. The van der Waals surface area contributed by atoms with Gasteiger partial charge in [-0.1, -0.05) is 12.1 Å². The quantitative estimate of drug-likeness (QED) is 0.805. The Balaban J connectivity index is 2.37. The normalized spacial score (nSPS) is 22.0. The smallest absolute Gasteiger partial charge is 0.416 e. The fraction of sp³-hybridized carbons (Fsp3) is 0.357. The summed E-state index contributed by atoms with van der Waals surface area (Å²) < 4.78 is 53.2. The van der Waals surface area contributed by atoms with Gasteiger partial charge >= 0.3 is 12.1 Å². The highest BCUT2D eigenvalue weighted by atomic mass is 19.4. The summed E-state index contributed by atoms with van der Waals surface area (Å²) in [4.78, 5) is 11.7. The molecule has 0 radical (unpaired) electrons. The van der Waals surface area contributed by atoms with E-state index in [0.29, 0.717) is 0 Å². The van der Waals surface area contributed by atoms with E-state index in [1.807, 2.05) is 0 Å². The minimum atomic E-state index is -4.47. The lowest BCUT2D eigenvalue weighted by atomic mass is 10.0. The number of ether oxygens (including phenoxy) is 3. The summed E-state index contributed by atoms with van der Waals surface area (Å²) >= 11 is 0. The molecule has 21 heavy (non-hydrogen) atoms. The molecular formula is C14H13F3O4. The summed E-state index contributed by atoms with van der Waals surface area (Å²) in [5.41, 5.74) is -0.488. The fourth-order valence-electron chi connectivity index (χ4n) is 2.03. The highest BCUT2D eigenvalue weighted by molar-refractivity contribution is 5.90. The number of esters is 1. The van der Waals surface area contributed by atoms with Crippen LogP contribution in [0.2, 0.25) is 0 Å². The van der Waals surface area contributed by atoms with Gasteiger partial charge in [-0.2, -0.15) is 13.2 Å². The lowest BCUT2D eigenvalue weighted by Gasteiger charge is -2.17. The van der Waals surface area contributed by atoms with Crippen molar-refractivity contribution in [3.63, 3.8) is 0 Å². The second-order valence-electron chi connectivity index (χ2n) is 4.36. The van der Waals surface area contributed by atoms with Gasteiger partial charge in [0.15, 0.2) is 6.29 Å². The maximum absolute atomic E-state index is 12.7. The van der Waals surface area contributed by atoms with E-state index in [1.165, 1.54) is 32.4 Å². The second-order valence-corrected chi connectivity index (χ2v) is 4.36. The fourth-order valence-corrected chi connectivity index (χ4v) is 2.03. The topological polar surface area (TPSA) is 44.8 Å². The third-order valence-corrected chi connectivity index (χ3v) is 3.04. The van der Waals surface area contributed by atoms with E-state index in [0.717, 1.165) is 12.1 Å². The number of carbonyl (C=O) groups is 1. The molecule has 0 aromatic heterocycles. The summed E-state index contributed by atoms with van der Waals surface area (Å²) in [5.74, 6) is -0.669. The Morgan fingerprint density at radius 2 is 2.00 bits per heavy atom. The van der Waals surface area contributed by atoms with Crippen LogP contribution in [0.15, 0.2) is 35.9 Å². The molecular weight excluding hydrogens is 289 g/mol. The standard InChI is InChI=1S/C14H13F3O4/c1-19-11-7-10(13(18)20-2)12(21-11)8-4-3-5-9(6-8)14(15,16)17/h3-7,11-12H,1-2H3. The molecule has 7 heteroatoms. The van der Waals surface area contributed by atoms with Crippen molar-refractivity contribution in [2.45, 2.75) is 18.6 Å². The van der Waals surface area contributed by atoms with Crippen LogP contribution in [0.3, 0.4) is 0 Å². The Morgan fingerprint density at radius 3 is 2.57 bits per heavy atom. The van der Waals surface area contributed by atoms with Gasteiger partial charge in [-0.25, -0.2) is 4.79 Å². The molecule has 4 nitrogen and oxygen atoms in total. The van der Waals surface area contributed by atoms with Crippen molar-refractivity contribution in [2.24, 2.45) is 0 Å². The van der Waals surface area contributed by atoms with Gasteiger partial charge in [0.25, 0.3) is 0 Å². The molecule has 0 spiro atoms. The SMILES string of the molecule is COC(=O)C1=CC(OC)OC1c1cccc(C(F)(F)F)c1. The van der Waals surface area contributed by atoms with Crippen molar-refractivity contribution in [3.8, 4) is 0 Å². The number of hydrogen-bond donors (Lipinski definition) is 0. The van der Waals surface area contributed by atoms with E-state index >= 15 is 0 Å². The lowest BCUT2D eigenvalue weighted by molar-refractivity contribution is -0.138. The van der Waals surface area contributed by atoms with Gasteiger partial charge < -0.3 is 14.2 Å². The molecule has 0 saturated carbocycles. The predicted octanol–water partition coefficient (Wildman–Crippen LogP) is 2.85. The Labute approximate surface area is 119 Å². The summed E-state index contributed by atoms with van der Waals surface area (Å²) in [6.07, 6.45) is -4.84. The average Bonchev–Trinajstić information content (AvgIpc) is 2.90. The van der Waals surface area contributed by atoms with Gasteiger partial charge in [0.2, 0.25) is 0 Å². The molecule has 1 heterocycles. The van der Waals surface area contributed by atoms with Crippen molar-refractivity contribution in [1.82, 2.24) is 0 Å². The maximum atomic E-state index is 12.7. The van der Waals surface area contributed by atoms with Crippen molar-refractivity contribution in [2.75, 3.05) is 14.2 Å². The van der Waals surface area contributed by atoms with Gasteiger partial charge in [-0.3, -0.25) is 0 Å². The zero-order chi connectivity index (χ0) is 15.6. The van der Waals surface area contributed by atoms with Crippen LogP contribution in [-0.4, -0.2) is 26.5 Å². The predicted molar refractivity (Wildman–Crippen MR) is 66.2 cm³/mol. The maximum Gasteiger partial charge on any atom is 0.416 e. The van der Waals surface area contributed by atoms with Gasteiger partial charge in [0, 0.05) is 7.11 Å². The molecule has 1 aliphatic heterocycles. The van der Waals surface area contributed by atoms with E-state index < -0.39 is 30.1 Å². The molecule has 1 aromatic rings. The third-order valence-electron chi connectivity index (χ3n) is 3.04. The van der Waals surface area contributed by atoms with E-state index in [1.54, 1.807) is 0 Å². The number of halogens is 3. The van der Waals surface area contributed by atoms with Gasteiger partial charge in [0.1, 0.15) is 6.10 Å². The first-order chi connectivity index (χ1) is 9.86. The Bertz CT molecular complexity index is 566. The van der Waals surface area contributed by atoms with Gasteiger partial charge in [-0.05, 0) is 23.8 Å². The molecule has 0 saturated heterocycles. The van der Waals surface area contributed by atoms with Crippen LogP contribution in [0.5, 0.6) is 0 Å². The van der Waals surface area contributed by atoms with Crippen LogP contribution in [0.25, 0.3) is 0 Å². The van der Waals surface area contributed by atoms with Crippen LogP contribution in [0.1, 0.15) is 17.2 Å². The van der Waals surface area contributed by atoms with Crippen molar-refractivity contribution in [3.05, 3.63) is 47.0 Å². The zero-order valence-electron chi connectivity index (χ0n) is 11.3. The number of methoxy groups -OCH3 is 2. The first-order valence-corrected chi connectivity index (χ1v) is 6.02. The minimum Gasteiger partial charge on any atom is -0.466 e. The lowest BCUT2D eigenvalue weighted by Crippen LogP contribution is -2.14. The molecule has 2 unspecified atom stereocenters. The number of hydrogen-bond acceptors (Lipinski definition) is 4. The highest BCUT2D eigenvalue weighted by Gasteiger charge is 2.36. The van der Waals surface area contributed by atoms with Crippen LogP contribution >= 0.6 is 0 Å². The second kappa shape index (κ2) is 5.87. The number of carbonyl (C=O) groups excluding carboxylic acids is 1. The minimum absolute atomic E-state index is 0.115. The van der Waals surface area contributed by atoms with Crippen molar-refractivity contribution in [1.29, 1.82) is 0 Å². The molecule has 0 amide bonds. The summed E-state index contributed by atoms with van der Waals surface area (Å²) in [6.45, 7) is 0. The Kier molecular flexibility index (Phi) is 4.34. The number of alkyl halides is 3. The molecule has 0 aliphatic carbocycles. The molecule has 114 valence electrons. The summed E-state index contributed by atoms with van der Waals surface area (Å²) in [6, 6.07) is 4.61. The summed E-state index contributed by atoms with van der Waals surface area (Å²) in [5, 5.41) is 0. The van der Waals surface area contributed by atoms with Crippen molar-refractivity contribution < 1.29 is 32.2 Å². The van der Waals surface area contributed by atoms with Crippen LogP contribution in [0.4, 0.5) is 13.2 Å². The van der Waals surface area contributed by atoms with Gasteiger partial charge in [0.05, 0.1) is 18.2 Å². The molecule has 2 atom stereocenters. The van der Waals surface area contributed by atoms with Gasteiger partial charge in [-0.15, -0.1) is 0 Å². The van der Waals surface area contributed by atoms with E-state index in [2.05, 4.69) is 4.74 Å². The van der Waals surface area contributed by atoms with E-state index in [-0.39, 0.29) is 11.1 Å². The molecule has 0 bridgehead atoms. The monoisotopic (exact) mass is 302 g/mol. The number of benzene rings is 1. The highest BCUT2D eigenvalue weighted by Crippen LogP contribution is 2.37. The molecule has 2 rings (SSSR count). The number of rotatable bonds is 3. The molecule has 1 aromatic carbocycles. The largest absolute Gasteiger partial charge is 0.466 e. The molecule has 0 N–H and O–H groups in total. The van der Waals surface area contributed by atoms with Crippen LogP contribution in [-0.2, 0) is 25.2 Å². The molecule has 0 fully saturated rings. The van der Waals surface area contributed by atoms with Crippen LogP contribution in [0, 0.1) is 0 Å². The third kappa shape index (κ3) is 3.25. The molecule has 1 aliphatic rings. The van der Waals surface area contributed by atoms with Crippen LogP contribution < -0.4 is 0 Å². The summed E-state index contributed by atoms with van der Waals surface area (Å²) in [7, 11) is 2.55. The average molecular weight is 302 g/mol.